The minimum absolute atomic E-state index is 0.0111. The number of ether oxygens (including phenoxy) is 12. The molecule has 0 bridgehead atoms. The summed E-state index contributed by atoms with van der Waals surface area (Å²) in [6.45, 7) is 13.2. The molecule has 21 heteroatoms. The molecule has 2 atom stereocenters. The number of carbonyl (C=O) groups excluding carboxylic acids is 2. The van der Waals surface area contributed by atoms with Gasteiger partial charge in [-0.05, 0) is 12.8 Å². The summed E-state index contributed by atoms with van der Waals surface area (Å²) in [5.74, 6) is -0.882. The molecule has 0 aliphatic carbocycles. The third-order valence-electron chi connectivity index (χ3n) is 13.7. The van der Waals surface area contributed by atoms with Gasteiger partial charge in [-0.1, -0.05) is 194 Å². The molecule has 0 saturated carbocycles. The summed E-state index contributed by atoms with van der Waals surface area (Å²) in [4.78, 5) is 38.2. The van der Waals surface area contributed by atoms with E-state index in [1.54, 1.807) is 0 Å². The molecule has 0 radical (unpaired) electrons. The zero-order valence-corrected chi connectivity index (χ0v) is 54.2. The maximum absolute atomic E-state index is 12.9. The summed E-state index contributed by atoms with van der Waals surface area (Å²) >= 11 is 0. The quantitative estimate of drug-likeness (QED) is 0.0327. The number of phosphoric ester groups is 1. The van der Waals surface area contributed by atoms with Gasteiger partial charge in [0.15, 0.2) is 6.10 Å². The molecular weight excluding hydrogens is 1110 g/mol. The van der Waals surface area contributed by atoms with Gasteiger partial charge in [-0.3, -0.25) is 14.2 Å². The molecule has 0 aromatic rings. The van der Waals surface area contributed by atoms with E-state index in [1.165, 1.54) is 141 Å². The lowest BCUT2D eigenvalue weighted by molar-refractivity contribution is -0.228. The lowest BCUT2D eigenvalue weighted by atomic mass is 10.0. The van der Waals surface area contributed by atoms with Gasteiger partial charge in [0.1, 0.15) is 6.61 Å². The third-order valence-corrected chi connectivity index (χ3v) is 14.6. The zero-order valence-electron chi connectivity index (χ0n) is 53.3. The Morgan fingerprint density at radius 2 is 0.631 bits per heavy atom. The lowest BCUT2D eigenvalue weighted by Gasteiger charge is -2.25. The number of aliphatic hydroxyl groups excluding tert-OH is 1. The van der Waals surface area contributed by atoms with Crippen LogP contribution in [-0.4, -0.2) is 195 Å². The van der Waals surface area contributed by atoms with Crippen LogP contribution in [0.4, 0.5) is 0 Å². The highest BCUT2D eigenvalue weighted by molar-refractivity contribution is 7.45. The Hall–Kier alpha value is -1.43. The number of carbonyl (C=O) groups is 2. The van der Waals surface area contributed by atoms with Gasteiger partial charge in [0.2, 0.25) is 0 Å². The highest BCUT2D eigenvalue weighted by Gasteiger charge is 2.21. The van der Waals surface area contributed by atoms with Gasteiger partial charge in [0.05, 0.1) is 152 Å². The van der Waals surface area contributed by atoms with E-state index in [4.69, 9.17) is 71.0 Å². The first-order valence-corrected chi connectivity index (χ1v) is 34.8. The minimum Gasteiger partial charge on any atom is -0.756 e. The first-order valence-electron chi connectivity index (χ1n) is 33.4. The fourth-order valence-electron chi connectivity index (χ4n) is 8.76. The number of hydrogen-bond donors (Lipinski definition) is 2. The Balaban J connectivity index is 4.11. The number of rotatable bonds is 74. The summed E-state index contributed by atoms with van der Waals surface area (Å²) < 4.78 is 88.4. The fourth-order valence-corrected chi connectivity index (χ4v) is 9.50. The molecule has 0 aliphatic heterocycles. The van der Waals surface area contributed by atoms with Crippen LogP contribution in [-0.2, 0) is 80.0 Å². The molecule has 0 aliphatic rings. The first kappa shape index (κ1) is 82.6. The molecule has 0 aromatic carbocycles. The second kappa shape index (κ2) is 70.7. The summed E-state index contributed by atoms with van der Waals surface area (Å²) in [7, 11) is -4.75. The van der Waals surface area contributed by atoms with Gasteiger partial charge in [-0.2, -0.15) is 0 Å². The van der Waals surface area contributed by atoms with Crippen molar-refractivity contribution in [2.24, 2.45) is 0 Å². The van der Waals surface area contributed by atoms with Gasteiger partial charge in [-0.25, -0.2) is 0 Å². The Kier molecular flexibility index (Phi) is 69.5. The molecule has 0 saturated heterocycles. The number of aliphatic hydroxyl groups is 1. The summed E-state index contributed by atoms with van der Waals surface area (Å²) in [6, 6.07) is 0. The van der Waals surface area contributed by atoms with Gasteiger partial charge >= 0.3 is 11.9 Å². The van der Waals surface area contributed by atoms with E-state index in [0.717, 1.165) is 38.5 Å². The van der Waals surface area contributed by atoms with Crippen LogP contribution in [0.25, 0.3) is 0 Å². The molecular formula is C63H125NO19P-. The number of unbranched alkanes of at least 4 members (excludes halogenated alkanes) is 28. The van der Waals surface area contributed by atoms with Crippen molar-refractivity contribution in [3.63, 3.8) is 0 Å². The van der Waals surface area contributed by atoms with Crippen molar-refractivity contribution in [3.05, 3.63) is 0 Å². The largest absolute Gasteiger partial charge is 0.756 e. The molecule has 0 amide bonds. The molecule has 0 fully saturated rings. The fraction of sp³-hybridized carbons (Fsp3) is 0.968. The van der Waals surface area contributed by atoms with Crippen molar-refractivity contribution >= 4 is 19.8 Å². The minimum atomic E-state index is -4.75. The molecule has 502 valence electrons. The van der Waals surface area contributed by atoms with Gasteiger partial charge in [-0.15, -0.1) is 0 Å². The maximum Gasteiger partial charge on any atom is 0.306 e. The van der Waals surface area contributed by atoms with E-state index < -0.39 is 32.5 Å². The number of phosphoric acid groups is 1. The second-order valence-electron chi connectivity index (χ2n) is 21.4. The van der Waals surface area contributed by atoms with Crippen molar-refractivity contribution in [1.82, 2.24) is 5.32 Å². The molecule has 1 unspecified atom stereocenters. The van der Waals surface area contributed by atoms with E-state index in [1.807, 2.05) is 0 Å². The normalized spacial score (nSPS) is 12.8. The van der Waals surface area contributed by atoms with Crippen LogP contribution in [0.2, 0.25) is 0 Å². The topological polar surface area (TPSA) is 236 Å². The highest BCUT2D eigenvalue weighted by Crippen LogP contribution is 2.38. The van der Waals surface area contributed by atoms with E-state index in [-0.39, 0.29) is 39.2 Å². The smallest absolute Gasteiger partial charge is 0.306 e. The predicted molar refractivity (Wildman–Crippen MR) is 328 cm³/mol. The van der Waals surface area contributed by atoms with Gasteiger partial charge in [0.25, 0.3) is 7.82 Å². The molecule has 0 rings (SSSR count). The van der Waals surface area contributed by atoms with E-state index in [0.29, 0.717) is 152 Å². The van der Waals surface area contributed by atoms with Crippen LogP contribution >= 0.6 is 7.82 Å². The van der Waals surface area contributed by atoms with Crippen molar-refractivity contribution in [3.8, 4) is 0 Å². The highest BCUT2D eigenvalue weighted by atomic mass is 31.2. The lowest BCUT2D eigenvalue weighted by Crippen LogP contribution is -2.30. The van der Waals surface area contributed by atoms with E-state index in [9.17, 15) is 19.0 Å². The Morgan fingerprint density at radius 3 is 0.952 bits per heavy atom. The first-order chi connectivity index (χ1) is 41.3. The van der Waals surface area contributed by atoms with Crippen LogP contribution in [0.1, 0.15) is 219 Å². The number of hydrogen-bond acceptors (Lipinski definition) is 20. The predicted octanol–water partition coefficient (Wildman–Crippen LogP) is 11.2. The third kappa shape index (κ3) is 69.7. The maximum atomic E-state index is 12.9. The zero-order chi connectivity index (χ0) is 60.9. The summed E-state index contributed by atoms with van der Waals surface area (Å²) in [6.07, 6.45) is 36.1. The van der Waals surface area contributed by atoms with Crippen LogP contribution in [0.5, 0.6) is 0 Å². The molecule has 84 heavy (non-hydrogen) atoms. The number of nitrogens with one attached hydrogen (secondary N) is 1. The molecule has 20 nitrogen and oxygen atoms in total. The van der Waals surface area contributed by atoms with Crippen LogP contribution in [0, 0.1) is 0 Å². The average Bonchev–Trinajstić information content (AvgIpc) is 3.51. The molecule has 0 heterocycles. The van der Waals surface area contributed by atoms with Crippen LogP contribution < -0.4 is 10.2 Å². The Bertz CT molecular complexity index is 1360. The van der Waals surface area contributed by atoms with Crippen molar-refractivity contribution < 1.29 is 90.0 Å². The van der Waals surface area contributed by atoms with Crippen LogP contribution in [0.3, 0.4) is 0 Å². The molecule has 0 spiro atoms. The summed E-state index contributed by atoms with van der Waals surface area (Å²) in [5.41, 5.74) is 0. The van der Waals surface area contributed by atoms with Crippen LogP contribution in [0.15, 0.2) is 0 Å². The van der Waals surface area contributed by atoms with E-state index >= 15 is 0 Å². The number of esters is 2. The van der Waals surface area contributed by atoms with Crippen molar-refractivity contribution in [2.75, 3.05) is 172 Å². The van der Waals surface area contributed by atoms with Crippen molar-refractivity contribution in [1.29, 1.82) is 0 Å². The van der Waals surface area contributed by atoms with Gasteiger partial charge in [0, 0.05) is 25.9 Å². The Morgan fingerprint density at radius 1 is 0.357 bits per heavy atom. The summed E-state index contributed by atoms with van der Waals surface area (Å²) in [5, 5.41) is 11.7. The van der Waals surface area contributed by atoms with Crippen molar-refractivity contribution in [2.45, 2.75) is 225 Å². The SMILES string of the molecule is CCCCCCCCCCCCCCCCCC(=O)OC[C@H](COP(=O)([O-])OCCNCCOCCOCCOCCOCCOCCOCCOCCOCCOCCOCCO)OC(=O)CCCCCCCCCCCCCCCCC. The Labute approximate surface area is 510 Å². The monoisotopic (exact) mass is 1230 g/mol. The standard InChI is InChI=1S/C63H126NO19P/c1-3-5-7-9-11-13-15-17-19-21-23-25-27-29-31-33-62(66)80-59-61(83-63(67)34-32-30-28-26-24-22-20-18-16-14-12-10-8-6-4-2)60-82-84(68,69)81-39-36-64-35-38-70-41-43-72-45-47-74-49-51-76-53-55-78-57-58-79-56-54-77-52-50-75-48-46-73-44-42-71-40-37-65/h61,64-65H,3-60H2,1-2H3,(H,68,69)/p-1/t61-/m1/s1. The van der Waals surface area contributed by atoms with E-state index in [2.05, 4.69) is 19.2 Å². The molecule has 2 N–H and O–H groups in total. The average molecular weight is 1230 g/mol. The van der Waals surface area contributed by atoms with Gasteiger partial charge < -0.3 is 81.2 Å². The molecule has 0 aromatic heterocycles. The second-order valence-corrected chi connectivity index (χ2v) is 22.8.